The molecule has 6 heteroatoms. The quantitative estimate of drug-likeness (QED) is 0.692. The molecule has 1 aromatic heterocycles. The number of hydrogen-bond acceptors (Lipinski definition) is 5. The number of para-hydroxylation sites is 2. The number of anilines is 1. The zero-order valence-corrected chi connectivity index (χ0v) is 15.8. The second-order valence-corrected chi connectivity index (χ2v) is 7.25. The van der Waals surface area contributed by atoms with Crippen molar-refractivity contribution in [2.75, 3.05) is 18.5 Å². The minimum absolute atomic E-state index is 0.0923. The third-order valence-electron chi connectivity index (χ3n) is 4.35. The predicted octanol–water partition coefficient (Wildman–Crippen LogP) is 4.32. The summed E-state index contributed by atoms with van der Waals surface area (Å²) in [4.78, 5) is 18.2. The van der Waals surface area contributed by atoms with Crippen molar-refractivity contribution in [3.05, 3.63) is 59.0 Å². The fourth-order valence-corrected chi connectivity index (χ4v) is 4.14. The number of thiazole rings is 1. The molecule has 0 bridgehead atoms. The number of ether oxygens (including phenoxy) is 2. The maximum absolute atomic E-state index is 12.3. The Morgan fingerprint density at radius 2 is 1.81 bits per heavy atom. The highest BCUT2D eigenvalue weighted by Crippen LogP contribution is 2.37. The van der Waals surface area contributed by atoms with Gasteiger partial charge in [-0.25, -0.2) is 4.98 Å². The zero-order valence-electron chi connectivity index (χ0n) is 15.0. The molecule has 1 N–H and O–H groups in total. The number of fused-ring (bicyclic) bond motifs is 3. The van der Waals surface area contributed by atoms with E-state index in [1.54, 1.807) is 6.07 Å². The summed E-state index contributed by atoms with van der Waals surface area (Å²) in [5.74, 6) is 0.955. The van der Waals surface area contributed by atoms with Crippen LogP contribution < -0.4 is 14.8 Å². The van der Waals surface area contributed by atoms with Crippen molar-refractivity contribution in [3.63, 3.8) is 0 Å². The van der Waals surface area contributed by atoms with Gasteiger partial charge in [0.15, 0.2) is 23.2 Å². The first-order valence-corrected chi connectivity index (χ1v) is 9.78. The molecule has 0 atom stereocenters. The molecule has 1 aliphatic rings. The van der Waals surface area contributed by atoms with Crippen molar-refractivity contribution in [1.29, 1.82) is 0 Å². The van der Waals surface area contributed by atoms with Gasteiger partial charge in [0.1, 0.15) is 0 Å². The molecule has 0 radical (unpaired) electrons. The number of benzene rings is 2. The molecule has 0 unspecified atom stereocenters. The molecule has 1 amide bonds. The number of nitrogens with one attached hydrogen (secondary N) is 1. The van der Waals surface area contributed by atoms with E-state index < -0.39 is 0 Å². The van der Waals surface area contributed by atoms with E-state index in [2.05, 4.69) is 28.5 Å². The standard InChI is InChI=1S/C21H20N2O3S/c1-2-25-16-9-5-6-10-17(16)26-13-19(24)22-21-23-20-15-8-4-3-7-14(15)11-12-18(20)27-21/h3-10H,2,11-13H2,1H3,(H,22,23,24). The SMILES string of the molecule is CCOc1ccccc1OCC(=O)Nc1nc2c(s1)CCc1ccccc1-2. The van der Waals surface area contributed by atoms with Crippen LogP contribution in [0.3, 0.4) is 0 Å². The molecule has 0 saturated carbocycles. The molecule has 5 nitrogen and oxygen atoms in total. The minimum atomic E-state index is -0.235. The molecular weight excluding hydrogens is 360 g/mol. The van der Waals surface area contributed by atoms with E-state index >= 15 is 0 Å². The lowest BCUT2D eigenvalue weighted by Gasteiger charge is -2.13. The molecule has 0 fully saturated rings. The first-order valence-electron chi connectivity index (χ1n) is 8.97. The largest absolute Gasteiger partial charge is 0.490 e. The molecule has 27 heavy (non-hydrogen) atoms. The van der Waals surface area contributed by atoms with Crippen LogP contribution in [0.5, 0.6) is 11.5 Å². The van der Waals surface area contributed by atoms with Gasteiger partial charge in [0.25, 0.3) is 5.91 Å². The van der Waals surface area contributed by atoms with Gasteiger partial charge in [0, 0.05) is 10.4 Å². The van der Waals surface area contributed by atoms with Crippen LogP contribution in [0.2, 0.25) is 0 Å². The third kappa shape index (κ3) is 3.80. The molecule has 0 saturated heterocycles. The number of carbonyl (C=O) groups is 1. The highest BCUT2D eigenvalue weighted by Gasteiger charge is 2.21. The Balaban J connectivity index is 1.42. The van der Waals surface area contributed by atoms with E-state index in [1.165, 1.54) is 21.8 Å². The van der Waals surface area contributed by atoms with Gasteiger partial charge < -0.3 is 9.47 Å². The van der Waals surface area contributed by atoms with Crippen molar-refractivity contribution in [1.82, 2.24) is 4.98 Å². The van der Waals surface area contributed by atoms with Gasteiger partial charge in [-0.2, -0.15) is 0 Å². The van der Waals surface area contributed by atoms with E-state index in [0.29, 0.717) is 23.2 Å². The number of aromatic nitrogens is 1. The van der Waals surface area contributed by atoms with Gasteiger partial charge in [0.2, 0.25) is 0 Å². The Labute approximate surface area is 162 Å². The third-order valence-corrected chi connectivity index (χ3v) is 5.38. The number of aryl methyl sites for hydroxylation is 2. The normalized spacial score (nSPS) is 12.0. The lowest BCUT2D eigenvalue weighted by molar-refractivity contribution is -0.118. The monoisotopic (exact) mass is 380 g/mol. The van der Waals surface area contributed by atoms with E-state index in [-0.39, 0.29) is 12.5 Å². The van der Waals surface area contributed by atoms with Crippen LogP contribution >= 0.6 is 11.3 Å². The maximum atomic E-state index is 12.3. The Morgan fingerprint density at radius 1 is 1.07 bits per heavy atom. The van der Waals surface area contributed by atoms with Crippen LogP contribution in [0, 0.1) is 0 Å². The fraction of sp³-hybridized carbons (Fsp3) is 0.238. The van der Waals surface area contributed by atoms with Gasteiger partial charge in [-0.1, -0.05) is 36.4 Å². The molecular formula is C21H20N2O3S. The summed E-state index contributed by atoms with van der Waals surface area (Å²) in [6, 6.07) is 15.6. The summed E-state index contributed by atoms with van der Waals surface area (Å²) < 4.78 is 11.1. The molecule has 0 spiro atoms. The lowest BCUT2D eigenvalue weighted by Crippen LogP contribution is -2.20. The summed E-state index contributed by atoms with van der Waals surface area (Å²) in [7, 11) is 0. The lowest BCUT2D eigenvalue weighted by atomic mass is 9.94. The van der Waals surface area contributed by atoms with E-state index in [0.717, 1.165) is 24.1 Å². The average Bonchev–Trinajstić information content (AvgIpc) is 3.10. The molecule has 4 rings (SSSR count). The molecule has 1 aliphatic carbocycles. The van der Waals surface area contributed by atoms with Crippen molar-refractivity contribution < 1.29 is 14.3 Å². The van der Waals surface area contributed by atoms with E-state index in [9.17, 15) is 4.79 Å². The van der Waals surface area contributed by atoms with Crippen molar-refractivity contribution >= 4 is 22.4 Å². The second-order valence-electron chi connectivity index (χ2n) is 6.16. The molecule has 2 aromatic carbocycles. The number of amides is 1. The topological polar surface area (TPSA) is 60.5 Å². The van der Waals surface area contributed by atoms with Crippen molar-refractivity contribution in [2.24, 2.45) is 0 Å². The van der Waals surface area contributed by atoms with Gasteiger partial charge >= 0.3 is 0 Å². The Morgan fingerprint density at radius 3 is 2.63 bits per heavy atom. The Hall–Kier alpha value is -2.86. The Kier molecular flexibility index (Phi) is 5.07. The predicted molar refractivity (Wildman–Crippen MR) is 107 cm³/mol. The van der Waals surface area contributed by atoms with Crippen LogP contribution in [0.25, 0.3) is 11.3 Å². The summed E-state index contributed by atoms with van der Waals surface area (Å²) in [5, 5.41) is 3.47. The minimum Gasteiger partial charge on any atom is -0.490 e. The highest BCUT2D eigenvalue weighted by molar-refractivity contribution is 7.16. The van der Waals surface area contributed by atoms with Crippen LogP contribution in [0.4, 0.5) is 5.13 Å². The maximum Gasteiger partial charge on any atom is 0.264 e. The number of nitrogens with zero attached hydrogens (tertiary/aromatic N) is 1. The van der Waals surface area contributed by atoms with Crippen molar-refractivity contribution in [2.45, 2.75) is 19.8 Å². The first-order chi connectivity index (χ1) is 13.2. The van der Waals surface area contributed by atoms with Gasteiger partial charge in [0.05, 0.1) is 12.3 Å². The average molecular weight is 380 g/mol. The first kappa shape index (κ1) is 17.5. The summed E-state index contributed by atoms with van der Waals surface area (Å²) in [5.41, 5.74) is 3.46. The second kappa shape index (κ2) is 7.80. The number of rotatable bonds is 6. The Bertz CT molecular complexity index is 968. The van der Waals surface area contributed by atoms with E-state index in [4.69, 9.17) is 9.47 Å². The van der Waals surface area contributed by atoms with Crippen molar-refractivity contribution in [3.8, 4) is 22.8 Å². The summed E-state index contributed by atoms with van der Waals surface area (Å²) in [6.07, 6.45) is 1.97. The highest BCUT2D eigenvalue weighted by atomic mass is 32.1. The van der Waals surface area contributed by atoms with Crippen LogP contribution in [0.1, 0.15) is 17.4 Å². The molecule has 3 aromatic rings. The van der Waals surface area contributed by atoms with Crippen LogP contribution in [-0.4, -0.2) is 24.1 Å². The van der Waals surface area contributed by atoms with Gasteiger partial charge in [-0.15, -0.1) is 11.3 Å². The van der Waals surface area contributed by atoms with Gasteiger partial charge in [-0.05, 0) is 37.5 Å². The number of carbonyl (C=O) groups excluding carboxylic acids is 1. The summed E-state index contributed by atoms with van der Waals surface area (Å²) in [6.45, 7) is 2.36. The van der Waals surface area contributed by atoms with E-state index in [1.807, 2.05) is 31.2 Å². The smallest absolute Gasteiger partial charge is 0.264 e. The van der Waals surface area contributed by atoms with Gasteiger partial charge in [-0.3, -0.25) is 10.1 Å². The zero-order chi connectivity index (χ0) is 18.6. The molecule has 0 aliphatic heterocycles. The molecule has 1 heterocycles. The fourth-order valence-electron chi connectivity index (χ4n) is 3.15. The number of hydrogen-bond donors (Lipinski definition) is 1. The summed E-state index contributed by atoms with van der Waals surface area (Å²) >= 11 is 1.54. The molecule has 138 valence electrons. The van der Waals surface area contributed by atoms with Crippen LogP contribution in [-0.2, 0) is 17.6 Å². The van der Waals surface area contributed by atoms with Crippen LogP contribution in [0.15, 0.2) is 48.5 Å².